The lowest BCUT2D eigenvalue weighted by atomic mass is 10.1. The molecule has 0 spiro atoms. The first-order chi connectivity index (χ1) is 13.1. The average Bonchev–Trinajstić information content (AvgIpc) is 3.25. The third-order valence-corrected chi connectivity index (χ3v) is 5.96. The molecule has 1 aliphatic heterocycles. The molecular formula is C22H26N2O2S. The zero-order valence-electron chi connectivity index (χ0n) is 15.7. The Hall–Kier alpha value is -2.27. The summed E-state index contributed by atoms with van der Waals surface area (Å²) in [6, 6.07) is 17.7. The summed E-state index contributed by atoms with van der Waals surface area (Å²) in [6.07, 6.45) is 2.17. The molecule has 1 heterocycles. The van der Waals surface area contributed by atoms with Gasteiger partial charge in [0.1, 0.15) is 0 Å². The van der Waals surface area contributed by atoms with Crippen LogP contribution < -0.4 is 5.32 Å². The molecule has 0 aromatic heterocycles. The molecule has 1 unspecified atom stereocenters. The molecule has 1 fully saturated rings. The van der Waals surface area contributed by atoms with E-state index >= 15 is 0 Å². The first kappa shape index (κ1) is 19.5. The minimum atomic E-state index is -0.125. The predicted octanol–water partition coefficient (Wildman–Crippen LogP) is 3.86. The van der Waals surface area contributed by atoms with Crippen LogP contribution in [0, 0.1) is 0 Å². The fraction of sp³-hybridized carbons (Fsp3) is 0.364. The molecule has 5 heteroatoms. The zero-order valence-corrected chi connectivity index (χ0v) is 16.5. The van der Waals surface area contributed by atoms with E-state index in [-0.39, 0.29) is 17.1 Å². The number of nitrogens with zero attached hydrogens (tertiary/aromatic N) is 1. The van der Waals surface area contributed by atoms with E-state index in [1.165, 1.54) is 5.56 Å². The van der Waals surface area contributed by atoms with Crippen molar-refractivity contribution in [3.8, 4) is 0 Å². The van der Waals surface area contributed by atoms with Gasteiger partial charge in [0.25, 0.3) is 5.91 Å². The van der Waals surface area contributed by atoms with Crippen molar-refractivity contribution in [2.24, 2.45) is 0 Å². The van der Waals surface area contributed by atoms with Crippen molar-refractivity contribution in [3.63, 3.8) is 0 Å². The summed E-state index contributed by atoms with van der Waals surface area (Å²) in [7, 11) is 0. The SMILES string of the molecule is CC(SCc1ccccc1)C(=O)NCc1cccc(C(=O)N2CCCC2)c1. The van der Waals surface area contributed by atoms with E-state index in [4.69, 9.17) is 0 Å². The van der Waals surface area contributed by atoms with E-state index in [1.54, 1.807) is 11.8 Å². The molecule has 1 atom stereocenters. The maximum absolute atomic E-state index is 12.5. The minimum Gasteiger partial charge on any atom is -0.351 e. The first-order valence-corrected chi connectivity index (χ1v) is 10.5. The van der Waals surface area contributed by atoms with E-state index < -0.39 is 0 Å². The standard InChI is InChI=1S/C22H26N2O2S/c1-17(27-16-18-8-3-2-4-9-18)21(25)23-15-19-10-7-11-20(14-19)22(26)24-12-5-6-13-24/h2-4,7-11,14,17H,5-6,12-13,15-16H2,1H3,(H,23,25). The minimum absolute atomic E-state index is 0.0206. The van der Waals surface area contributed by atoms with Crippen LogP contribution in [0.25, 0.3) is 0 Å². The van der Waals surface area contributed by atoms with Crippen molar-refractivity contribution >= 4 is 23.6 Å². The van der Waals surface area contributed by atoms with Gasteiger partial charge in [-0.05, 0) is 43.0 Å². The van der Waals surface area contributed by atoms with E-state index in [9.17, 15) is 9.59 Å². The van der Waals surface area contributed by atoms with Gasteiger partial charge in [-0.2, -0.15) is 0 Å². The molecule has 1 N–H and O–H groups in total. The van der Waals surface area contributed by atoms with Gasteiger partial charge in [0, 0.05) is 31.0 Å². The van der Waals surface area contributed by atoms with Crippen LogP contribution in [0.15, 0.2) is 54.6 Å². The molecule has 0 bridgehead atoms. The predicted molar refractivity (Wildman–Crippen MR) is 111 cm³/mol. The number of nitrogens with one attached hydrogen (secondary N) is 1. The van der Waals surface area contributed by atoms with Gasteiger partial charge in [-0.15, -0.1) is 11.8 Å². The lowest BCUT2D eigenvalue weighted by molar-refractivity contribution is -0.120. The van der Waals surface area contributed by atoms with Crippen molar-refractivity contribution in [1.82, 2.24) is 10.2 Å². The van der Waals surface area contributed by atoms with Crippen LogP contribution in [0.3, 0.4) is 0 Å². The lowest BCUT2D eigenvalue weighted by Crippen LogP contribution is -2.31. The molecule has 1 saturated heterocycles. The van der Waals surface area contributed by atoms with Crippen molar-refractivity contribution in [1.29, 1.82) is 0 Å². The molecule has 2 aromatic rings. The summed E-state index contributed by atoms with van der Waals surface area (Å²) in [5.74, 6) is 0.926. The van der Waals surface area contributed by atoms with Crippen LogP contribution in [-0.4, -0.2) is 35.1 Å². The van der Waals surface area contributed by atoms with Crippen LogP contribution in [0.2, 0.25) is 0 Å². The van der Waals surface area contributed by atoms with Crippen molar-refractivity contribution in [2.45, 2.75) is 37.3 Å². The van der Waals surface area contributed by atoms with Crippen LogP contribution in [0.4, 0.5) is 0 Å². The number of hydrogen-bond acceptors (Lipinski definition) is 3. The monoisotopic (exact) mass is 382 g/mol. The molecule has 142 valence electrons. The summed E-state index contributed by atoms with van der Waals surface area (Å²) < 4.78 is 0. The summed E-state index contributed by atoms with van der Waals surface area (Å²) in [6.45, 7) is 4.05. The summed E-state index contributed by atoms with van der Waals surface area (Å²) >= 11 is 1.62. The molecule has 3 rings (SSSR count). The smallest absolute Gasteiger partial charge is 0.253 e. The molecule has 0 radical (unpaired) electrons. The number of thioether (sulfide) groups is 1. The van der Waals surface area contributed by atoms with Gasteiger partial charge in [-0.25, -0.2) is 0 Å². The maximum atomic E-state index is 12.5. The van der Waals surface area contributed by atoms with Crippen LogP contribution in [-0.2, 0) is 17.1 Å². The van der Waals surface area contributed by atoms with E-state index in [0.717, 1.165) is 37.2 Å². The van der Waals surface area contributed by atoms with E-state index in [2.05, 4.69) is 17.4 Å². The second-order valence-electron chi connectivity index (χ2n) is 6.86. The van der Waals surface area contributed by atoms with Gasteiger partial charge in [-0.1, -0.05) is 42.5 Å². The van der Waals surface area contributed by atoms with Crippen molar-refractivity contribution < 1.29 is 9.59 Å². The molecule has 27 heavy (non-hydrogen) atoms. The van der Waals surface area contributed by atoms with Gasteiger partial charge in [-0.3, -0.25) is 9.59 Å². The van der Waals surface area contributed by atoms with Gasteiger partial charge in [0.05, 0.1) is 5.25 Å². The Morgan fingerprint density at radius 1 is 1.04 bits per heavy atom. The van der Waals surface area contributed by atoms with Crippen molar-refractivity contribution in [3.05, 3.63) is 71.3 Å². The normalized spacial score (nSPS) is 14.8. The highest BCUT2D eigenvalue weighted by Crippen LogP contribution is 2.18. The van der Waals surface area contributed by atoms with Gasteiger partial charge in [0.15, 0.2) is 0 Å². The summed E-state index contributed by atoms with van der Waals surface area (Å²) in [5.41, 5.74) is 2.87. The second-order valence-corrected chi connectivity index (χ2v) is 8.19. The number of benzene rings is 2. The quantitative estimate of drug-likeness (QED) is 0.791. The molecule has 0 aliphatic carbocycles. The van der Waals surface area contributed by atoms with Gasteiger partial charge in [0.2, 0.25) is 5.91 Å². The highest BCUT2D eigenvalue weighted by molar-refractivity contribution is 7.99. The topological polar surface area (TPSA) is 49.4 Å². The second kappa shape index (κ2) is 9.60. The number of amides is 2. The Kier molecular flexibility index (Phi) is 6.93. The molecular weight excluding hydrogens is 356 g/mol. The molecule has 0 saturated carbocycles. The first-order valence-electron chi connectivity index (χ1n) is 9.45. The fourth-order valence-electron chi connectivity index (χ4n) is 3.12. The average molecular weight is 383 g/mol. The van der Waals surface area contributed by atoms with Crippen LogP contribution in [0.5, 0.6) is 0 Å². The van der Waals surface area contributed by atoms with E-state index in [0.29, 0.717) is 12.1 Å². The Bertz CT molecular complexity index is 773. The Labute approximate surface area is 165 Å². The largest absolute Gasteiger partial charge is 0.351 e. The number of carbonyl (C=O) groups is 2. The van der Waals surface area contributed by atoms with E-state index in [1.807, 2.05) is 54.3 Å². The number of carbonyl (C=O) groups excluding carboxylic acids is 2. The number of likely N-dealkylation sites (tertiary alicyclic amines) is 1. The molecule has 2 aromatic carbocycles. The van der Waals surface area contributed by atoms with Gasteiger partial charge >= 0.3 is 0 Å². The Balaban J connectivity index is 1.49. The third kappa shape index (κ3) is 5.60. The summed E-state index contributed by atoms with van der Waals surface area (Å²) in [5, 5.41) is 2.86. The number of rotatable bonds is 7. The summed E-state index contributed by atoms with van der Waals surface area (Å²) in [4.78, 5) is 26.8. The maximum Gasteiger partial charge on any atom is 0.253 e. The molecule has 1 aliphatic rings. The highest BCUT2D eigenvalue weighted by Gasteiger charge is 2.19. The molecule has 4 nitrogen and oxygen atoms in total. The van der Waals surface area contributed by atoms with Crippen LogP contribution in [0.1, 0.15) is 41.3 Å². The third-order valence-electron chi connectivity index (χ3n) is 4.75. The zero-order chi connectivity index (χ0) is 19.1. The lowest BCUT2D eigenvalue weighted by Gasteiger charge is -2.16. The number of hydrogen-bond donors (Lipinski definition) is 1. The molecule has 2 amide bonds. The van der Waals surface area contributed by atoms with Gasteiger partial charge < -0.3 is 10.2 Å². The fourth-order valence-corrected chi connectivity index (χ4v) is 3.99. The van der Waals surface area contributed by atoms with Crippen molar-refractivity contribution in [2.75, 3.05) is 13.1 Å². The Morgan fingerprint density at radius 2 is 1.74 bits per heavy atom. The van der Waals surface area contributed by atoms with Crippen LogP contribution >= 0.6 is 11.8 Å². The Morgan fingerprint density at radius 3 is 2.48 bits per heavy atom. The highest BCUT2D eigenvalue weighted by atomic mass is 32.2.